The Labute approximate surface area is 159 Å². The maximum atomic E-state index is 12.1. The van der Waals surface area contributed by atoms with Crippen LogP contribution in [-0.2, 0) is 17.6 Å². The summed E-state index contributed by atoms with van der Waals surface area (Å²) in [5, 5.41) is 6.93. The summed E-state index contributed by atoms with van der Waals surface area (Å²) < 4.78 is 1.21. The van der Waals surface area contributed by atoms with Gasteiger partial charge in [-0.2, -0.15) is 0 Å². The summed E-state index contributed by atoms with van der Waals surface area (Å²) in [6, 6.07) is 16.1. The molecular formula is C20H17N3OS2. The largest absolute Gasteiger partial charge is 0.326 e. The van der Waals surface area contributed by atoms with Gasteiger partial charge in [-0.1, -0.05) is 24.3 Å². The molecule has 0 radical (unpaired) electrons. The molecule has 0 aliphatic rings. The molecule has 4 aromatic rings. The van der Waals surface area contributed by atoms with Gasteiger partial charge in [-0.15, -0.1) is 22.7 Å². The lowest BCUT2D eigenvalue weighted by Gasteiger charge is -2.05. The first kappa shape index (κ1) is 16.9. The number of aryl methyl sites for hydroxylation is 1. The molecule has 2 aromatic carbocycles. The minimum atomic E-state index is -0.0470. The molecule has 26 heavy (non-hydrogen) atoms. The molecule has 6 heteroatoms. The average molecular weight is 380 g/mol. The zero-order chi connectivity index (χ0) is 17.9. The summed E-state index contributed by atoms with van der Waals surface area (Å²) in [4.78, 5) is 21.1. The number of benzene rings is 2. The van der Waals surface area contributed by atoms with E-state index in [0.717, 1.165) is 33.3 Å². The van der Waals surface area contributed by atoms with Crippen LogP contribution in [0.4, 0.5) is 5.69 Å². The maximum absolute atomic E-state index is 12.1. The lowest BCUT2D eigenvalue weighted by molar-refractivity contribution is -0.115. The smallest absolute Gasteiger partial charge is 0.230 e. The summed E-state index contributed by atoms with van der Waals surface area (Å²) in [6.07, 6.45) is 1.10. The van der Waals surface area contributed by atoms with Crippen LogP contribution in [0.5, 0.6) is 0 Å². The topological polar surface area (TPSA) is 54.9 Å². The van der Waals surface area contributed by atoms with Crippen molar-refractivity contribution in [3.05, 3.63) is 75.2 Å². The third-order valence-corrected chi connectivity index (χ3v) is 5.80. The Bertz CT molecular complexity index is 1020. The standard InChI is InChI=1S/C20H17N3OS2/c1-13-21-16(12-25-13)11-19(24)22-15-8-6-14(7-9-15)10-20-23-17-4-2-3-5-18(17)26-20/h2-9,12H,10-11H2,1H3,(H,22,24). The van der Waals surface area contributed by atoms with E-state index in [1.54, 1.807) is 22.7 Å². The fourth-order valence-corrected chi connectivity index (χ4v) is 4.35. The second-order valence-corrected chi connectivity index (χ2v) is 8.21. The molecular weight excluding hydrogens is 362 g/mol. The van der Waals surface area contributed by atoms with Gasteiger partial charge in [0.1, 0.15) is 0 Å². The Morgan fingerprint density at radius 2 is 1.88 bits per heavy atom. The van der Waals surface area contributed by atoms with E-state index >= 15 is 0 Å². The van der Waals surface area contributed by atoms with Crippen LogP contribution >= 0.6 is 22.7 Å². The minimum absolute atomic E-state index is 0.0470. The van der Waals surface area contributed by atoms with Crippen molar-refractivity contribution in [2.24, 2.45) is 0 Å². The number of amides is 1. The van der Waals surface area contributed by atoms with Crippen LogP contribution in [0.15, 0.2) is 53.9 Å². The predicted octanol–water partition coefficient (Wildman–Crippen LogP) is 4.83. The van der Waals surface area contributed by atoms with Gasteiger partial charge in [0.05, 0.1) is 32.3 Å². The molecule has 2 aromatic heterocycles. The van der Waals surface area contributed by atoms with E-state index in [-0.39, 0.29) is 5.91 Å². The minimum Gasteiger partial charge on any atom is -0.326 e. The van der Waals surface area contributed by atoms with Crippen molar-refractivity contribution in [1.82, 2.24) is 9.97 Å². The van der Waals surface area contributed by atoms with Crippen molar-refractivity contribution in [1.29, 1.82) is 0 Å². The Morgan fingerprint density at radius 1 is 1.08 bits per heavy atom. The van der Waals surface area contributed by atoms with E-state index in [1.165, 1.54) is 10.3 Å². The number of anilines is 1. The second kappa shape index (κ2) is 7.35. The van der Waals surface area contributed by atoms with Crippen molar-refractivity contribution < 1.29 is 4.79 Å². The van der Waals surface area contributed by atoms with Crippen LogP contribution in [0.3, 0.4) is 0 Å². The van der Waals surface area contributed by atoms with E-state index in [1.807, 2.05) is 54.8 Å². The third kappa shape index (κ3) is 3.98. The van der Waals surface area contributed by atoms with Crippen molar-refractivity contribution in [3.8, 4) is 0 Å². The molecule has 0 saturated carbocycles. The summed E-state index contributed by atoms with van der Waals surface area (Å²) in [7, 11) is 0. The first-order chi connectivity index (χ1) is 12.7. The lowest BCUT2D eigenvalue weighted by atomic mass is 10.1. The Hall–Kier alpha value is -2.57. The van der Waals surface area contributed by atoms with E-state index in [4.69, 9.17) is 0 Å². The normalized spacial score (nSPS) is 11.0. The summed E-state index contributed by atoms with van der Waals surface area (Å²) in [5.41, 5.74) is 3.85. The monoisotopic (exact) mass is 379 g/mol. The zero-order valence-electron chi connectivity index (χ0n) is 14.2. The predicted molar refractivity (Wildman–Crippen MR) is 108 cm³/mol. The molecule has 0 bridgehead atoms. The van der Waals surface area contributed by atoms with Crippen LogP contribution in [-0.4, -0.2) is 15.9 Å². The summed E-state index contributed by atoms with van der Waals surface area (Å²) in [6.45, 7) is 1.94. The van der Waals surface area contributed by atoms with Gasteiger partial charge < -0.3 is 5.32 Å². The molecule has 0 aliphatic carbocycles. The first-order valence-electron chi connectivity index (χ1n) is 8.30. The molecule has 0 saturated heterocycles. The van der Waals surface area contributed by atoms with Crippen LogP contribution < -0.4 is 5.32 Å². The van der Waals surface area contributed by atoms with Gasteiger partial charge in [0, 0.05) is 17.5 Å². The number of nitrogens with zero attached hydrogens (tertiary/aromatic N) is 2. The number of fused-ring (bicyclic) bond motifs is 1. The van der Waals surface area contributed by atoms with Crippen molar-refractivity contribution >= 4 is 44.5 Å². The molecule has 130 valence electrons. The van der Waals surface area contributed by atoms with Crippen molar-refractivity contribution in [2.45, 2.75) is 19.8 Å². The number of rotatable bonds is 5. The molecule has 4 nitrogen and oxygen atoms in total. The quantitative estimate of drug-likeness (QED) is 0.540. The van der Waals surface area contributed by atoms with Crippen LogP contribution in [0.25, 0.3) is 10.2 Å². The molecule has 1 N–H and O–H groups in total. The van der Waals surface area contributed by atoms with E-state index in [0.29, 0.717) is 6.42 Å². The number of hydrogen-bond acceptors (Lipinski definition) is 5. The Morgan fingerprint density at radius 3 is 2.62 bits per heavy atom. The number of para-hydroxylation sites is 1. The number of carbonyl (C=O) groups is 1. The molecule has 0 spiro atoms. The number of nitrogens with one attached hydrogen (secondary N) is 1. The van der Waals surface area contributed by atoms with Gasteiger partial charge in [0.2, 0.25) is 5.91 Å². The molecule has 1 amide bonds. The Balaban J connectivity index is 1.39. The van der Waals surface area contributed by atoms with Gasteiger partial charge in [-0.3, -0.25) is 4.79 Å². The van der Waals surface area contributed by atoms with E-state index in [9.17, 15) is 4.79 Å². The highest BCUT2D eigenvalue weighted by Gasteiger charge is 2.08. The van der Waals surface area contributed by atoms with Crippen LogP contribution in [0, 0.1) is 6.92 Å². The molecule has 4 rings (SSSR count). The first-order valence-corrected chi connectivity index (χ1v) is 9.99. The lowest BCUT2D eigenvalue weighted by Crippen LogP contribution is -2.14. The fraction of sp³-hybridized carbons (Fsp3) is 0.150. The number of hydrogen-bond donors (Lipinski definition) is 1. The van der Waals surface area contributed by atoms with Crippen LogP contribution in [0.2, 0.25) is 0 Å². The highest BCUT2D eigenvalue weighted by molar-refractivity contribution is 7.18. The summed E-state index contributed by atoms with van der Waals surface area (Å²) >= 11 is 3.28. The number of thiazole rings is 2. The number of aromatic nitrogens is 2. The SMILES string of the molecule is Cc1nc(CC(=O)Nc2ccc(Cc3nc4ccccc4s3)cc2)cs1. The van der Waals surface area contributed by atoms with E-state index < -0.39 is 0 Å². The second-order valence-electron chi connectivity index (χ2n) is 6.03. The molecule has 0 atom stereocenters. The molecule has 0 unspecified atom stereocenters. The van der Waals surface area contributed by atoms with Crippen molar-refractivity contribution in [3.63, 3.8) is 0 Å². The number of carbonyl (C=O) groups excluding carboxylic acids is 1. The van der Waals surface area contributed by atoms with Crippen molar-refractivity contribution in [2.75, 3.05) is 5.32 Å². The third-order valence-electron chi connectivity index (χ3n) is 3.94. The average Bonchev–Trinajstić information content (AvgIpc) is 3.21. The van der Waals surface area contributed by atoms with Gasteiger partial charge >= 0.3 is 0 Å². The highest BCUT2D eigenvalue weighted by atomic mass is 32.1. The Kier molecular flexibility index (Phi) is 4.77. The maximum Gasteiger partial charge on any atom is 0.230 e. The van der Waals surface area contributed by atoms with Gasteiger partial charge in [-0.05, 0) is 36.8 Å². The highest BCUT2D eigenvalue weighted by Crippen LogP contribution is 2.24. The van der Waals surface area contributed by atoms with Crippen LogP contribution in [0.1, 0.15) is 21.3 Å². The van der Waals surface area contributed by atoms with E-state index in [2.05, 4.69) is 21.4 Å². The van der Waals surface area contributed by atoms with Gasteiger partial charge in [0.25, 0.3) is 0 Å². The molecule has 0 aliphatic heterocycles. The van der Waals surface area contributed by atoms with Gasteiger partial charge in [0.15, 0.2) is 0 Å². The van der Waals surface area contributed by atoms with Gasteiger partial charge in [-0.25, -0.2) is 9.97 Å². The zero-order valence-corrected chi connectivity index (χ0v) is 15.9. The summed E-state index contributed by atoms with van der Waals surface area (Å²) in [5.74, 6) is -0.0470. The fourth-order valence-electron chi connectivity index (χ4n) is 2.74. The molecule has 2 heterocycles. The molecule has 0 fully saturated rings.